The smallest absolute Gasteiger partial charge is 0.466 e. The highest BCUT2D eigenvalue weighted by molar-refractivity contribution is 7.46. The molecule has 14 heavy (non-hydrogen) atoms. The van der Waals surface area contributed by atoms with Gasteiger partial charge in [-0.1, -0.05) is 13.5 Å². The first-order valence-electron chi connectivity index (χ1n) is 3.77. The Morgan fingerprint density at radius 1 is 1.57 bits per heavy atom. The van der Waals surface area contributed by atoms with Crippen molar-refractivity contribution >= 4 is 13.8 Å². The first-order chi connectivity index (χ1) is 6.37. The number of esters is 1. The van der Waals surface area contributed by atoms with Gasteiger partial charge in [-0.3, -0.25) is 4.52 Å². The standard InChI is InChI=1S/C4H6O2.C3H9O4P/c1-3-4(5)6-2;1-2-3-7-8(4,5)6/h3H,1H2,2H3;2-3H2,1H3,(H2,4,5,6). The third kappa shape index (κ3) is 17.4. The maximum Gasteiger partial charge on any atom is 0.469 e. The summed E-state index contributed by atoms with van der Waals surface area (Å²) in [6, 6.07) is 0. The molecule has 0 atom stereocenters. The van der Waals surface area contributed by atoms with Crippen LogP contribution in [0, 0.1) is 0 Å². The average Bonchev–Trinajstić information content (AvgIpc) is 2.13. The Bertz CT molecular complexity index is 208. The van der Waals surface area contributed by atoms with E-state index in [1.54, 1.807) is 6.92 Å². The quantitative estimate of drug-likeness (QED) is 0.419. The Balaban J connectivity index is 0. The molecule has 0 spiro atoms. The van der Waals surface area contributed by atoms with Crippen LogP contribution in [0.5, 0.6) is 0 Å². The van der Waals surface area contributed by atoms with Crippen molar-refractivity contribution in [2.75, 3.05) is 13.7 Å². The monoisotopic (exact) mass is 226 g/mol. The predicted molar refractivity (Wildman–Crippen MR) is 50.5 cm³/mol. The van der Waals surface area contributed by atoms with Gasteiger partial charge in [-0.25, -0.2) is 9.36 Å². The Hall–Kier alpha value is -0.680. The normalized spacial score (nSPS) is 9.71. The molecular formula is C7H15O6P. The third-order valence-corrected chi connectivity index (χ3v) is 1.35. The average molecular weight is 226 g/mol. The van der Waals surface area contributed by atoms with E-state index in [-0.39, 0.29) is 6.61 Å². The van der Waals surface area contributed by atoms with E-state index in [4.69, 9.17) is 9.79 Å². The Kier molecular flexibility index (Phi) is 10.0. The summed E-state index contributed by atoms with van der Waals surface area (Å²) < 4.78 is 18.0. The van der Waals surface area contributed by atoms with Crippen molar-refractivity contribution in [2.24, 2.45) is 0 Å². The van der Waals surface area contributed by atoms with Crippen LogP contribution in [0.3, 0.4) is 0 Å². The van der Waals surface area contributed by atoms with Gasteiger partial charge >= 0.3 is 13.8 Å². The van der Waals surface area contributed by atoms with E-state index < -0.39 is 13.8 Å². The van der Waals surface area contributed by atoms with Crippen LogP contribution in [0.25, 0.3) is 0 Å². The molecular weight excluding hydrogens is 211 g/mol. The van der Waals surface area contributed by atoms with Crippen molar-refractivity contribution in [1.82, 2.24) is 0 Å². The van der Waals surface area contributed by atoms with Crippen molar-refractivity contribution in [3.8, 4) is 0 Å². The molecule has 0 rings (SSSR count). The fraction of sp³-hybridized carbons (Fsp3) is 0.571. The highest BCUT2D eigenvalue weighted by Gasteiger charge is 2.11. The molecule has 0 saturated carbocycles. The number of carbonyl (C=O) groups excluding carboxylic acids is 1. The Morgan fingerprint density at radius 2 is 2.07 bits per heavy atom. The molecule has 0 amide bonds. The van der Waals surface area contributed by atoms with Crippen molar-refractivity contribution in [3.63, 3.8) is 0 Å². The first-order valence-corrected chi connectivity index (χ1v) is 5.30. The molecule has 0 saturated heterocycles. The number of phosphoric acid groups is 1. The SMILES string of the molecule is C=CC(=O)OC.CCCOP(=O)(O)O. The minimum absolute atomic E-state index is 0.115. The fourth-order valence-electron chi connectivity index (χ4n) is 0.294. The lowest BCUT2D eigenvalue weighted by Crippen LogP contribution is -1.91. The van der Waals surface area contributed by atoms with Crippen LogP contribution in [0.2, 0.25) is 0 Å². The zero-order valence-corrected chi connectivity index (χ0v) is 9.07. The molecule has 0 radical (unpaired) electrons. The van der Waals surface area contributed by atoms with Crippen molar-refractivity contribution < 1.29 is 28.4 Å². The number of methoxy groups -OCH3 is 1. The zero-order chi connectivity index (χ0) is 11.6. The summed E-state index contributed by atoms with van der Waals surface area (Å²) in [6.45, 7) is 5.05. The van der Waals surface area contributed by atoms with Gasteiger partial charge in [0.05, 0.1) is 13.7 Å². The summed E-state index contributed by atoms with van der Waals surface area (Å²) in [6.07, 6.45) is 1.73. The predicted octanol–water partition coefficient (Wildman–Crippen LogP) is 0.851. The van der Waals surface area contributed by atoms with Crippen molar-refractivity contribution in [3.05, 3.63) is 12.7 Å². The van der Waals surface area contributed by atoms with Gasteiger partial charge in [-0.15, -0.1) is 0 Å². The molecule has 0 bridgehead atoms. The summed E-state index contributed by atoms with van der Waals surface area (Å²) in [4.78, 5) is 25.9. The number of rotatable bonds is 4. The first kappa shape index (κ1) is 15.8. The summed E-state index contributed by atoms with van der Waals surface area (Å²) in [5.41, 5.74) is 0. The minimum Gasteiger partial charge on any atom is -0.466 e. The van der Waals surface area contributed by atoms with Gasteiger partial charge in [0.1, 0.15) is 0 Å². The largest absolute Gasteiger partial charge is 0.469 e. The van der Waals surface area contributed by atoms with Crippen molar-refractivity contribution in [1.29, 1.82) is 0 Å². The lowest BCUT2D eigenvalue weighted by atomic mass is 10.5. The number of carbonyl (C=O) groups is 1. The Morgan fingerprint density at radius 3 is 2.14 bits per heavy atom. The summed E-state index contributed by atoms with van der Waals surface area (Å²) in [5.74, 6) is -0.394. The number of hydrogen-bond acceptors (Lipinski definition) is 4. The molecule has 0 aliphatic carbocycles. The molecule has 0 aromatic heterocycles. The molecule has 0 aliphatic heterocycles. The highest BCUT2D eigenvalue weighted by atomic mass is 31.2. The lowest BCUT2D eigenvalue weighted by molar-refractivity contribution is -0.134. The van der Waals surface area contributed by atoms with Crippen molar-refractivity contribution in [2.45, 2.75) is 13.3 Å². The second kappa shape index (κ2) is 8.90. The minimum atomic E-state index is -4.18. The van der Waals surface area contributed by atoms with E-state index in [1.165, 1.54) is 7.11 Å². The highest BCUT2D eigenvalue weighted by Crippen LogP contribution is 2.35. The summed E-state index contributed by atoms with van der Waals surface area (Å²) in [7, 11) is -2.87. The van der Waals surface area contributed by atoms with Crippen LogP contribution in [0.1, 0.15) is 13.3 Å². The molecule has 7 heteroatoms. The lowest BCUT2D eigenvalue weighted by Gasteiger charge is -2.00. The molecule has 0 heterocycles. The van der Waals surface area contributed by atoms with Crippen LogP contribution >= 0.6 is 7.82 Å². The fourth-order valence-corrected chi connectivity index (χ4v) is 0.714. The van der Waals surface area contributed by atoms with Crippen LogP contribution in [-0.4, -0.2) is 29.5 Å². The van der Waals surface area contributed by atoms with Crippen LogP contribution in [0.15, 0.2) is 12.7 Å². The number of phosphoric ester groups is 1. The summed E-state index contributed by atoms with van der Waals surface area (Å²) >= 11 is 0. The van der Waals surface area contributed by atoms with Gasteiger partial charge in [-0.2, -0.15) is 0 Å². The summed E-state index contributed by atoms with van der Waals surface area (Å²) in [5, 5.41) is 0. The van der Waals surface area contributed by atoms with Gasteiger partial charge in [0.15, 0.2) is 0 Å². The number of ether oxygens (including phenoxy) is 1. The second-order valence-electron chi connectivity index (χ2n) is 2.05. The molecule has 0 aromatic rings. The van der Waals surface area contributed by atoms with E-state index >= 15 is 0 Å². The molecule has 0 aromatic carbocycles. The maximum atomic E-state index is 9.86. The van der Waals surface area contributed by atoms with Crippen LogP contribution < -0.4 is 0 Å². The zero-order valence-electron chi connectivity index (χ0n) is 8.17. The molecule has 6 nitrogen and oxygen atoms in total. The molecule has 0 aliphatic rings. The molecule has 0 fully saturated rings. The molecule has 0 unspecified atom stereocenters. The van der Waals surface area contributed by atoms with E-state index in [0.717, 1.165) is 6.08 Å². The topological polar surface area (TPSA) is 93.1 Å². The van der Waals surface area contributed by atoms with E-state index in [1.807, 2.05) is 0 Å². The van der Waals surface area contributed by atoms with E-state index in [9.17, 15) is 9.36 Å². The molecule has 84 valence electrons. The van der Waals surface area contributed by atoms with Gasteiger partial charge < -0.3 is 14.5 Å². The third-order valence-electron chi connectivity index (χ3n) is 0.831. The van der Waals surface area contributed by atoms with E-state index in [0.29, 0.717) is 6.42 Å². The molecule has 2 N–H and O–H groups in total. The second-order valence-corrected chi connectivity index (χ2v) is 3.29. The maximum absolute atomic E-state index is 9.86. The van der Waals surface area contributed by atoms with Gasteiger partial charge in [0.2, 0.25) is 0 Å². The van der Waals surface area contributed by atoms with E-state index in [2.05, 4.69) is 15.8 Å². The van der Waals surface area contributed by atoms with Crippen LogP contribution in [-0.2, 0) is 18.6 Å². The van der Waals surface area contributed by atoms with Gasteiger partial charge in [0.25, 0.3) is 0 Å². The Labute approximate surface area is 82.8 Å². The van der Waals surface area contributed by atoms with Crippen LogP contribution in [0.4, 0.5) is 0 Å². The van der Waals surface area contributed by atoms with Gasteiger partial charge in [0, 0.05) is 6.08 Å². The number of hydrogen-bond donors (Lipinski definition) is 2. The van der Waals surface area contributed by atoms with Gasteiger partial charge in [-0.05, 0) is 6.42 Å².